The molecule has 1 N–H and O–H groups in total. The maximum absolute atomic E-state index is 12.3. The van der Waals surface area contributed by atoms with Crippen molar-refractivity contribution < 1.29 is 4.79 Å². The Morgan fingerprint density at radius 3 is 2.64 bits per heavy atom. The van der Waals surface area contributed by atoms with E-state index in [2.05, 4.69) is 5.32 Å². The van der Waals surface area contributed by atoms with Crippen LogP contribution in [0.25, 0.3) is 11.0 Å². The quantitative estimate of drug-likeness (QED) is 0.801. The molecule has 0 atom stereocenters. The molecule has 3 aromatic rings. The van der Waals surface area contributed by atoms with Gasteiger partial charge in [-0.25, -0.2) is 4.79 Å². The van der Waals surface area contributed by atoms with E-state index >= 15 is 0 Å². The highest BCUT2D eigenvalue weighted by Crippen LogP contribution is 2.15. The molecule has 0 saturated carbocycles. The Kier molecular flexibility index (Phi) is 3.85. The monoisotopic (exact) mass is 315 g/mol. The molecule has 1 amide bonds. The number of aromatic nitrogens is 2. The minimum Gasteiger partial charge on any atom is -0.350 e. The molecule has 0 aliphatic rings. The minimum atomic E-state index is -0.177. The molecule has 0 fully saturated rings. The van der Waals surface area contributed by atoms with Crippen molar-refractivity contribution in [2.24, 2.45) is 7.05 Å². The summed E-state index contributed by atoms with van der Waals surface area (Å²) in [6.45, 7) is 2.56. The van der Waals surface area contributed by atoms with E-state index < -0.39 is 0 Å². The van der Waals surface area contributed by atoms with E-state index in [-0.39, 0.29) is 18.1 Å². The van der Waals surface area contributed by atoms with Crippen LogP contribution in [0.3, 0.4) is 0 Å². The van der Waals surface area contributed by atoms with Crippen molar-refractivity contribution in [3.8, 4) is 0 Å². The van der Waals surface area contributed by atoms with Crippen molar-refractivity contribution in [3.63, 3.8) is 0 Å². The van der Waals surface area contributed by atoms with Gasteiger partial charge >= 0.3 is 5.69 Å². The van der Waals surface area contributed by atoms with Gasteiger partial charge in [-0.2, -0.15) is 0 Å². The van der Waals surface area contributed by atoms with Gasteiger partial charge in [-0.05, 0) is 36.1 Å². The zero-order valence-corrected chi connectivity index (χ0v) is 13.3. The first-order chi connectivity index (χ1) is 10.6. The molecular weight excluding hydrogens is 298 g/mol. The van der Waals surface area contributed by atoms with Crippen LogP contribution in [0.5, 0.6) is 0 Å². The van der Waals surface area contributed by atoms with Crippen LogP contribution in [0, 0.1) is 6.92 Å². The standard InChI is InChI=1S/C16H17N3O2S/c1-11-7-8-22-14(11)9-17-15(20)10-19-13-6-4-3-5-12(13)18(2)16(19)21/h3-8H,9-10H2,1-2H3,(H,17,20). The summed E-state index contributed by atoms with van der Waals surface area (Å²) in [5, 5.41) is 4.88. The molecule has 2 heterocycles. The average Bonchev–Trinajstić information content (AvgIpc) is 3.03. The second-order valence-corrected chi connectivity index (χ2v) is 6.22. The number of thiophene rings is 1. The van der Waals surface area contributed by atoms with Crippen molar-refractivity contribution in [2.45, 2.75) is 20.0 Å². The molecule has 114 valence electrons. The largest absolute Gasteiger partial charge is 0.350 e. The van der Waals surface area contributed by atoms with E-state index in [1.165, 1.54) is 10.1 Å². The van der Waals surface area contributed by atoms with E-state index in [1.807, 2.05) is 42.6 Å². The number of imidazole rings is 1. The van der Waals surface area contributed by atoms with Crippen molar-refractivity contribution in [2.75, 3.05) is 0 Å². The number of nitrogens with one attached hydrogen (secondary N) is 1. The van der Waals surface area contributed by atoms with E-state index in [0.717, 1.165) is 15.9 Å². The van der Waals surface area contributed by atoms with E-state index in [4.69, 9.17) is 0 Å². The summed E-state index contributed by atoms with van der Waals surface area (Å²) in [5.74, 6) is -0.161. The van der Waals surface area contributed by atoms with Crippen molar-refractivity contribution in [3.05, 3.63) is 56.6 Å². The predicted octanol–water partition coefficient (Wildman–Crippen LogP) is 2.03. The van der Waals surface area contributed by atoms with Gasteiger partial charge in [0, 0.05) is 11.9 Å². The van der Waals surface area contributed by atoms with Crippen LogP contribution in [0.2, 0.25) is 0 Å². The SMILES string of the molecule is Cc1ccsc1CNC(=O)Cn1c(=O)n(C)c2ccccc21. The van der Waals surface area contributed by atoms with Crippen molar-refractivity contribution >= 4 is 28.3 Å². The predicted molar refractivity (Wildman–Crippen MR) is 88.1 cm³/mol. The van der Waals surface area contributed by atoms with Gasteiger partial charge in [0.05, 0.1) is 17.6 Å². The second-order valence-electron chi connectivity index (χ2n) is 5.22. The Morgan fingerprint density at radius 1 is 1.23 bits per heavy atom. The molecule has 0 aliphatic carbocycles. The van der Waals surface area contributed by atoms with Crippen LogP contribution >= 0.6 is 11.3 Å². The van der Waals surface area contributed by atoms with Gasteiger partial charge in [0.1, 0.15) is 6.54 Å². The van der Waals surface area contributed by atoms with Gasteiger partial charge in [-0.3, -0.25) is 13.9 Å². The first-order valence-electron chi connectivity index (χ1n) is 7.02. The first-order valence-corrected chi connectivity index (χ1v) is 7.90. The van der Waals surface area contributed by atoms with Crippen molar-refractivity contribution in [1.29, 1.82) is 0 Å². The molecule has 0 aliphatic heterocycles. The van der Waals surface area contributed by atoms with Crippen LogP contribution in [0.1, 0.15) is 10.4 Å². The van der Waals surface area contributed by atoms with Gasteiger partial charge in [-0.15, -0.1) is 11.3 Å². The highest BCUT2D eigenvalue weighted by molar-refractivity contribution is 7.10. The summed E-state index contributed by atoms with van der Waals surface area (Å²) < 4.78 is 3.07. The molecule has 0 spiro atoms. The molecule has 0 unspecified atom stereocenters. The lowest BCUT2D eigenvalue weighted by molar-refractivity contribution is -0.121. The van der Waals surface area contributed by atoms with Crippen LogP contribution < -0.4 is 11.0 Å². The third-order valence-electron chi connectivity index (χ3n) is 3.77. The third-order valence-corrected chi connectivity index (χ3v) is 4.79. The lowest BCUT2D eigenvalue weighted by atomic mass is 10.3. The summed E-state index contributed by atoms with van der Waals surface area (Å²) in [4.78, 5) is 25.5. The van der Waals surface area contributed by atoms with Gasteiger partial charge in [0.2, 0.25) is 5.91 Å². The number of aryl methyl sites for hydroxylation is 2. The van der Waals surface area contributed by atoms with Crippen molar-refractivity contribution in [1.82, 2.24) is 14.5 Å². The smallest absolute Gasteiger partial charge is 0.329 e. The fourth-order valence-corrected chi connectivity index (χ4v) is 3.33. The summed E-state index contributed by atoms with van der Waals surface area (Å²) in [7, 11) is 1.72. The number of hydrogen-bond acceptors (Lipinski definition) is 3. The van der Waals surface area contributed by atoms with Gasteiger partial charge in [0.15, 0.2) is 0 Å². The molecular formula is C16H17N3O2S. The maximum Gasteiger partial charge on any atom is 0.329 e. The second kappa shape index (κ2) is 5.81. The molecule has 22 heavy (non-hydrogen) atoms. The zero-order valence-electron chi connectivity index (χ0n) is 12.5. The first kappa shape index (κ1) is 14.6. The number of rotatable bonds is 4. The molecule has 6 heteroatoms. The molecule has 0 bridgehead atoms. The number of hydrogen-bond donors (Lipinski definition) is 1. The molecule has 3 rings (SSSR count). The topological polar surface area (TPSA) is 56.0 Å². The van der Waals surface area contributed by atoms with Crippen LogP contribution in [-0.2, 0) is 24.9 Å². The Labute approximate surface area is 131 Å². The summed E-state index contributed by atoms with van der Waals surface area (Å²) in [6, 6.07) is 9.51. The van der Waals surface area contributed by atoms with Gasteiger partial charge in [0.25, 0.3) is 0 Å². The van der Waals surface area contributed by atoms with Gasteiger partial charge < -0.3 is 5.32 Å². The number of carbonyl (C=O) groups excluding carboxylic acids is 1. The fraction of sp³-hybridized carbons (Fsp3) is 0.250. The molecule has 5 nitrogen and oxygen atoms in total. The van der Waals surface area contributed by atoms with Gasteiger partial charge in [-0.1, -0.05) is 12.1 Å². The highest BCUT2D eigenvalue weighted by atomic mass is 32.1. The normalized spacial score (nSPS) is 11.0. The minimum absolute atomic E-state index is 0.0324. The Hall–Kier alpha value is -2.34. The molecule has 2 aromatic heterocycles. The lowest BCUT2D eigenvalue weighted by Gasteiger charge is -2.06. The number of carbonyl (C=O) groups is 1. The number of para-hydroxylation sites is 2. The summed E-state index contributed by atoms with van der Waals surface area (Å²) in [5.41, 5.74) is 2.60. The number of benzene rings is 1. The van der Waals surface area contributed by atoms with Crippen LogP contribution in [-0.4, -0.2) is 15.0 Å². The maximum atomic E-state index is 12.3. The Morgan fingerprint density at radius 2 is 1.95 bits per heavy atom. The lowest BCUT2D eigenvalue weighted by Crippen LogP contribution is -2.32. The fourth-order valence-electron chi connectivity index (χ4n) is 2.48. The van der Waals surface area contributed by atoms with Crippen LogP contribution in [0.15, 0.2) is 40.5 Å². The Balaban J connectivity index is 1.79. The number of nitrogens with zero attached hydrogens (tertiary/aromatic N) is 2. The highest BCUT2D eigenvalue weighted by Gasteiger charge is 2.13. The molecule has 0 saturated heterocycles. The third kappa shape index (κ3) is 2.57. The van der Waals surface area contributed by atoms with E-state index in [1.54, 1.807) is 23.0 Å². The Bertz CT molecular complexity index is 888. The van der Waals surface area contributed by atoms with Crippen LogP contribution in [0.4, 0.5) is 0 Å². The van der Waals surface area contributed by atoms with E-state index in [0.29, 0.717) is 6.54 Å². The molecule has 0 radical (unpaired) electrons. The average molecular weight is 315 g/mol. The number of amides is 1. The van der Waals surface area contributed by atoms with E-state index in [9.17, 15) is 9.59 Å². The summed E-state index contributed by atoms with van der Waals surface area (Å²) in [6.07, 6.45) is 0. The number of fused-ring (bicyclic) bond motifs is 1. The zero-order chi connectivity index (χ0) is 15.7. The molecule has 1 aromatic carbocycles. The summed E-state index contributed by atoms with van der Waals surface area (Å²) >= 11 is 1.62.